The molecule has 2 aliphatic rings. The molecule has 0 radical (unpaired) electrons. The maximum Gasteiger partial charge on any atom is 0.218 e. The molecule has 4 heteroatoms. The summed E-state index contributed by atoms with van der Waals surface area (Å²) < 4.78 is 5.80. The first kappa shape index (κ1) is 13.7. The largest absolute Gasteiger partial charge is 0.477 e. The van der Waals surface area contributed by atoms with Gasteiger partial charge in [0.25, 0.3) is 0 Å². The van der Waals surface area contributed by atoms with Crippen LogP contribution in [0, 0.1) is 5.92 Å². The quantitative estimate of drug-likeness (QED) is 0.859. The number of rotatable bonds is 6. The first-order valence-electron chi connectivity index (χ1n) is 7.99. The Labute approximate surface area is 121 Å². The van der Waals surface area contributed by atoms with Gasteiger partial charge in [0.15, 0.2) is 0 Å². The van der Waals surface area contributed by atoms with Gasteiger partial charge in [-0.1, -0.05) is 26.7 Å². The van der Waals surface area contributed by atoms with Crippen LogP contribution >= 0.6 is 0 Å². The summed E-state index contributed by atoms with van der Waals surface area (Å²) in [4.78, 5) is 9.25. The molecule has 0 unspecified atom stereocenters. The Bertz CT molecular complexity index is 451. The Balaban J connectivity index is 1.73. The Hall–Kier alpha value is -1.32. The number of ether oxygens (including phenoxy) is 1. The normalized spacial score (nSPS) is 19.6. The third-order valence-corrected chi connectivity index (χ3v) is 3.93. The molecular weight excluding hydrogens is 250 g/mol. The number of aromatic nitrogens is 2. The third kappa shape index (κ3) is 3.62. The van der Waals surface area contributed by atoms with Crippen molar-refractivity contribution < 1.29 is 4.74 Å². The molecule has 1 aromatic heterocycles. The van der Waals surface area contributed by atoms with E-state index in [4.69, 9.17) is 4.74 Å². The molecule has 0 atom stereocenters. The number of nitrogens with zero attached hydrogens (tertiary/aromatic N) is 2. The molecule has 0 bridgehead atoms. The van der Waals surface area contributed by atoms with Crippen LogP contribution in [0.3, 0.4) is 0 Å². The van der Waals surface area contributed by atoms with E-state index in [-0.39, 0.29) is 0 Å². The van der Waals surface area contributed by atoms with Crippen LogP contribution in [0.15, 0.2) is 6.07 Å². The molecule has 3 rings (SSSR count). The van der Waals surface area contributed by atoms with Gasteiger partial charge >= 0.3 is 0 Å². The third-order valence-electron chi connectivity index (χ3n) is 3.93. The van der Waals surface area contributed by atoms with Crippen LogP contribution in [0.25, 0.3) is 0 Å². The van der Waals surface area contributed by atoms with Crippen molar-refractivity contribution in [2.75, 3.05) is 11.9 Å². The van der Waals surface area contributed by atoms with Crippen LogP contribution in [0.2, 0.25) is 0 Å². The van der Waals surface area contributed by atoms with Crippen LogP contribution in [-0.2, 0) is 0 Å². The van der Waals surface area contributed by atoms with Crippen molar-refractivity contribution in [3.8, 4) is 5.88 Å². The summed E-state index contributed by atoms with van der Waals surface area (Å²) >= 11 is 0. The molecule has 20 heavy (non-hydrogen) atoms. The molecule has 0 amide bonds. The fourth-order valence-electron chi connectivity index (χ4n) is 2.65. The van der Waals surface area contributed by atoms with Crippen LogP contribution < -0.4 is 10.1 Å². The van der Waals surface area contributed by atoms with E-state index in [0.717, 1.165) is 17.5 Å². The summed E-state index contributed by atoms with van der Waals surface area (Å²) in [7, 11) is 0. The van der Waals surface area contributed by atoms with Gasteiger partial charge in [-0.25, -0.2) is 4.98 Å². The standard InChI is InChI=1S/C16H25N3O/c1-11(2)10-20-15-9-14(17-13-5-3-4-6-13)18-16(19-15)12-7-8-12/h9,11-13H,3-8,10H2,1-2H3,(H,17,18,19). The fourth-order valence-corrected chi connectivity index (χ4v) is 2.65. The molecule has 4 nitrogen and oxygen atoms in total. The molecule has 0 aromatic carbocycles. The molecule has 0 saturated heterocycles. The van der Waals surface area contributed by atoms with Crippen LogP contribution in [0.4, 0.5) is 5.82 Å². The lowest BCUT2D eigenvalue weighted by Crippen LogP contribution is -2.17. The summed E-state index contributed by atoms with van der Waals surface area (Å²) in [5.41, 5.74) is 0. The fraction of sp³-hybridized carbons (Fsp3) is 0.750. The Morgan fingerprint density at radius 1 is 1.20 bits per heavy atom. The highest BCUT2D eigenvalue weighted by molar-refractivity contribution is 5.40. The number of hydrogen-bond acceptors (Lipinski definition) is 4. The van der Waals surface area contributed by atoms with Crippen molar-refractivity contribution in [2.24, 2.45) is 5.92 Å². The number of hydrogen-bond donors (Lipinski definition) is 1. The molecule has 1 N–H and O–H groups in total. The van der Waals surface area contributed by atoms with Crippen molar-refractivity contribution in [1.82, 2.24) is 9.97 Å². The number of nitrogens with one attached hydrogen (secondary N) is 1. The first-order chi connectivity index (χ1) is 9.70. The van der Waals surface area contributed by atoms with E-state index in [1.807, 2.05) is 6.07 Å². The average molecular weight is 275 g/mol. The summed E-state index contributed by atoms with van der Waals surface area (Å²) in [6.45, 7) is 5.02. The van der Waals surface area contributed by atoms with E-state index in [1.165, 1.54) is 38.5 Å². The SMILES string of the molecule is CC(C)COc1cc(NC2CCCC2)nc(C2CC2)n1. The average Bonchev–Trinajstić information content (AvgIpc) is 3.16. The van der Waals surface area contributed by atoms with Crippen LogP contribution in [-0.4, -0.2) is 22.6 Å². The van der Waals surface area contributed by atoms with E-state index in [0.29, 0.717) is 24.5 Å². The zero-order valence-corrected chi connectivity index (χ0v) is 12.6. The molecule has 0 aliphatic heterocycles. The minimum absolute atomic E-state index is 0.514. The van der Waals surface area contributed by atoms with Gasteiger partial charge in [0, 0.05) is 18.0 Å². The Morgan fingerprint density at radius 3 is 2.60 bits per heavy atom. The summed E-state index contributed by atoms with van der Waals surface area (Å²) in [5.74, 6) is 3.72. The van der Waals surface area contributed by atoms with E-state index in [2.05, 4.69) is 29.1 Å². The van der Waals surface area contributed by atoms with E-state index in [9.17, 15) is 0 Å². The number of anilines is 1. The smallest absolute Gasteiger partial charge is 0.218 e. The Kier molecular flexibility index (Phi) is 4.08. The Morgan fingerprint density at radius 2 is 1.95 bits per heavy atom. The van der Waals surface area contributed by atoms with Gasteiger partial charge in [0.1, 0.15) is 11.6 Å². The van der Waals surface area contributed by atoms with E-state index in [1.54, 1.807) is 0 Å². The maximum atomic E-state index is 5.80. The maximum absolute atomic E-state index is 5.80. The monoisotopic (exact) mass is 275 g/mol. The predicted molar refractivity (Wildman–Crippen MR) is 80.2 cm³/mol. The zero-order chi connectivity index (χ0) is 13.9. The van der Waals surface area contributed by atoms with Crippen LogP contribution in [0.1, 0.15) is 64.1 Å². The van der Waals surface area contributed by atoms with Gasteiger partial charge in [0.05, 0.1) is 6.61 Å². The second-order valence-electron chi connectivity index (χ2n) is 6.55. The van der Waals surface area contributed by atoms with Gasteiger partial charge in [-0.15, -0.1) is 0 Å². The lowest BCUT2D eigenvalue weighted by Gasteiger charge is -2.15. The van der Waals surface area contributed by atoms with Gasteiger partial charge in [-0.2, -0.15) is 4.98 Å². The molecule has 1 heterocycles. The highest BCUT2D eigenvalue weighted by Crippen LogP contribution is 2.39. The zero-order valence-electron chi connectivity index (χ0n) is 12.6. The van der Waals surface area contributed by atoms with Gasteiger partial charge in [0.2, 0.25) is 5.88 Å². The molecule has 0 spiro atoms. The van der Waals surface area contributed by atoms with E-state index >= 15 is 0 Å². The summed E-state index contributed by atoms with van der Waals surface area (Å²) in [6.07, 6.45) is 7.60. The van der Waals surface area contributed by atoms with E-state index < -0.39 is 0 Å². The van der Waals surface area contributed by atoms with Gasteiger partial charge in [-0.3, -0.25) is 0 Å². The van der Waals surface area contributed by atoms with Crippen molar-refractivity contribution in [3.63, 3.8) is 0 Å². The molecule has 110 valence electrons. The lowest BCUT2D eigenvalue weighted by atomic mass is 10.2. The minimum atomic E-state index is 0.514. The molecule has 2 aliphatic carbocycles. The van der Waals surface area contributed by atoms with Crippen molar-refractivity contribution >= 4 is 5.82 Å². The minimum Gasteiger partial charge on any atom is -0.477 e. The van der Waals surface area contributed by atoms with Crippen molar-refractivity contribution in [2.45, 2.75) is 64.3 Å². The topological polar surface area (TPSA) is 47.0 Å². The summed E-state index contributed by atoms with van der Waals surface area (Å²) in [5, 5.41) is 3.56. The molecular formula is C16H25N3O. The lowest BCUT2D eigenvalue weighted by molar-refractivity contribution is 0.260. The van der Waals surface area contributed by atoms with Crippen LogP contribution in [0.5, 0.6) is 5.88 Å². The highest BCUT2D eigenvalue weighted by atomic mass is 16.5. The molecule has 2 fully saturated rings. The molecule has 1 aromatic rings. The molecule has 2 saturated carbocycles. The second kappa shape index (κ2) is 5.98. The highest BCUT2D eigenvalue weighted by Gasteiger charge is 2.28. The second-order valence-corrected chi connectivity index (χ2v) is 6.55. The van der Waals surface area contributed by atoms with Crippen molar-refractivity contribution in [1.29, 1.82) is 0 Å². The summed E-state index contributed by atoms with van der Waals surface area (Å²) in [6, 6.07) is 2.54. The van der Waals surface area contributed by atoms with Crippen molar-refractivity contribution in [3.05, 3.63) is 11.9 Å². The predicted octanol–water partition coefficient (Wildman–Crippen LogP) is 3.74. The van der Waals surface area contributed by atoms with Gasteiger partial charge < -0.3 is 10.1 Å². The van der Waals surface area contributed by atoms with Gasteiger partial charge in [-0.05, 0) is 31.6 Å². The first-order valence-corrected chi connectivity index (χ1v) is 7.99.